The molecule has 138 valence electrons. The minimum atomic E-state index is -0.808. The standard InChI is InChI=1S/C18H27N3O4/c1-10(2)8-9-24-18(23)12(5)21-16-13(6-7-14(19)20-16)25-15(11(3)4)17(21)22/h6-7,10-12,15H,8-9H2,1-5H3,(H2,19,20). The van der Waals surface area contributed by atoms with Crippen molar-refractivity contribution in [1.82, 2.24) is 4.98 Å². The number of aromatic nitrogens is 1. The Labute approximate surface area is 148 Å². The van der Waals surface area contributed by atoms with Gasteiger partial charge in [-0.3, -0.25) is 9.69 Å². The van der Waals surface area contributed by atoms with E-state index >= 15 is 0 Å². The summed E-state index contributed by atoms with van der Waals surface area (Å²) in [6.07, 6.45) is 0.0928. The van der Waals surface area contributed by atoms with Crippen LogP contribution in [0.3, 0.4) is 0 Å². The number of hydrogen-bond donors (Lipinski definition) is 1. The molecule has 2 N–H and O–H groups in total. The second-order valence-corrected chi connectivity index (χ2v) is 7.07. The molecule has 2 atom stereocenters. The maximum atomic E-state index is 12.9. The van der Waals surface area contributed by atoms with Crippen LogP contribution in [0.4, 0.5) is 11.6 Å². The Kier molecular flexibility index (Phi) is 5.87. The number of nitrogens with zero attached hydrogens (tertiary/aromatic N) is 2. The number of ether oxygens (including phenoxy) is 2. The molecule has 0 saturated carbocycles. The topological polar surface area (TPSA) is 94.8 Å². The summed E-state index contributed by atoms with van der Waals surface area (Å²) in [5.41, 5.74) is 5.75. The van der Waals surface area contributed by atoms with E-state index in [4.69, 9.17) is 15.2 Å². The molecule has 1 aromatic heterocycles. The minimum Gasteiger partial charge on any atom is -0.476 e. The van der Waals surface area contributed by atoms with Crippen LogP contribution in [0.1, 0.15) is 41.0 Å². The molecule has 25 heavy (non-hydrogen) atoms. The average molecular weight is 349 g/mol. The van der Waals surface area contributed by atoms with Crippen LogP contribution in [-0.2, 0) is 14.3 Å². The third-order valence-corrected chi connectivity index (χ3v) is 4.10. The van der Waals surface area contributed by atoms with E-state index in [1.54, 1.807) is 19.1 Å². The van der Waals surface area contributed by atoms with Crippen LogP contribution in [0.2, 0.25) is 0 Å². The number of nitrogen functional groups attached to an aromatic ring is 1. The number of carbonyl (C=O) groups is 2. The van der Waals surface area contributed by atoms with E-state index in [0.717, 1.165) is 6.42 Å². The van der Waals surface area contributed by atoms with Gasteiger partial charge in [-0.25, -0.2) is 9.78 Å². The van der Waals surface area contributed by atoms with Crippen LogP contribution in [0.15, 0.2) is 12.1 Å². The van der Waals surface area contributed by atoms with Crippen molar-refractivity contribution in [2.45, 2.75) is 53.2 Å². The average Bonchev–Trinajstić information content (AvgIpc) is 2.53. The van der Waals surface area contributed by atoms with Crippen LogP contribution in [0, 0.1) is 11.8 Å². The maximum Gasteiger partial charge on any atom is 0.329 e. The van der Waals surface area contributed by atoms with Crippen molar-refractivity contribution in [3.63, 3.8) is 0 Å². The van der Waals surface area contributed by atoms with E-state index in [-0.39, 0.29) is 23.5 Å². The molecule has 2 heterocycles. The Bertz CT molecular complexity index is 645. The molecule has 1 aliphatic heterocycles. The maximum absolute atomic E-state index is 12.9. The van der Waals surface area contributed by atoms with Crippen molar-refractivity contribution >= 4 is 23.5 Å². The van der Waals surface area contributed by atoms with Crippen LogP contribution in [-0.4, -0.2) is 35.6 Å². The molecule has 0 radical (unpaired) electrons. The SMILES string of the molecule is CC(C)CCOC(=O)C(C)N1C(=O)C(C(C)C)Oc2ccc(N)nc21. The fourth-order valence-electron chi connectivity index (χ4n) is 2.56. The summed E-state index contributed by atoms with van der Waals surface area (Å²) in [4.78, 5) is 30.9. The molecule has 0 saturated heterocycles. The Morgan fingerprint density at radius 1 is 1.32 bits per heavy atom. The monoisotopic (exact) mass is 349 g/mol. The van der Waals surface area contributed by atoms with Crippen LogP contribution < -0.4 is 15.4 Å². The second-order valence-electron chi connectivity index (χ2n) is 7.07. The molecule has 0 aromatic carbocycles. The molecule has 0 aliphatic carbocycles. The normalized spacial score (nSPS) is 18.1. The van der Waals surface area contributed by atoms with Gasteiger partial charge in [0, 0.05) is 0 Å². The molecule has 0 bridgehead atoms. The number of hydrogen-bond acceptors (Lipinski definition) is 6. The van der Waals surface area contributed by atoms with E-state index < -0.39 is 18.1 Å². The quantitative estimate of drug-likeness (QED) is 0.793. The third-order valence-electron chi connectivity index (χ3n) is 4.10. The number of anilines is 2. The summed E-state index contributed by atoms with van der Waals surface area (Å²) < 4.78 is 11.1. The largest absolute Gasteiger partial charge is 0.476 e. The number of carbonyl (C=O) groups excluding carboxylic acids is 2. The lowest BCUT2D eigenvalue weighted by atomic mass is 10.0. The molecule has 1 aliphatic rings. The zero-order valence-corrected chi connectivity index (χ0v) is 15.5. The smallest absolute Gasteiger partial charge is 0.329 e. The summed E-state index contributed by atoms with van der Waals surface area (Å²) in [5.74, 6) is 0.557. The van der Waals surface area contributed by atoms with Gasteiger partial charge in [0.1, 0.15) is 11.9 Å². The highest BCUT2D eigenvalue weighted by Gasteiger charge is 2.42. The van der Waals surface area contributed by atoms with E-state index in [1.165, 1.54) is 4.90 Å². The summed E-state index contributed by atoms with van der Waals surface area (Å²) in [7, 11) is 0. The highest BCUT2D eigenvalue weighted by atomic mass is 16.5. The first-order valence-corrected chi connectivity index (χ1v) is 8.65. The lowest BCUT2D eigenvalue weighted by molar-refractivity contribution is -0.147. The minimum absolute atomic E-state index is 0.0511. The summed E-state index contributed by atoms with van der Waals surface area (Å²) >= 11 is 0. The van der Waals surface area contributed by atoms with E-state index in [9.17, 15) is 9.59 Å². The Balaban J connectivity index is 2.28. The lowest BCUT2D eigenvalue weighted by Gasteiger charge is -2.37. The van der Waals surface area contributed by atoms with Gasteiger partial charge in [-0.05, 0) is 37.3 Å². The van der Waals surface area contributed by atoms with Gasteiger partial charge in [-0.2, -0.15) is 0 Å². The zero-order chi connectivity index (χ0) is 18.7. The van der Waals surface area contributed by atoms with Gasteiger partial charge in [0.05, 0.1) is 6.61 Å². The van der Waals surface area contributed by atoms with E-state index in [2.05, 4.69) is 18.8 Å². The van der Waals surface area contributed by atoms with E-state index in [1.807, 2.05) is 13.8 Å². The van der Waals surface area contributed by atoms with Crippen molar-refractivity contribution in [2.24, 2.45) is 11.8 Å². The summed E-state index contributed by atoms with van der Waals surface area (Å²) in [5, 5.41) is 0. The van der Waals surface area contributed by atoms with Crippen LogP contribution in [0.5, 0.6) is 5.75 Å². The van der Waals surface area contributed by atoms with Gasteiger partial charge in [0.2, 0.25) is 0 Å². The van der Waals surface area contributed by atoms with Gasteiger partial charge >= 0.3 is 5.97 Å². The van der Waals surface area contributed by atoms with Gasteiger partial charge in [0.15, 0.2) is 17.7 Å². The molecule has 0 fully saturated rings. The second kappa shape index (κ2) is 7.72. The third kappa shape index (κ3) is 4.21. The Hall–Kier alpha value is -2.31. The van der Waals surface area contributed by atoms with Gasteiger partial charge < -0.3 is 15.2 Å². The fraction of sp³-hybridized carbons (Fsp3) is 0.611. The first kappa shape index (κ1) is 19.0. The Morgan fingerprint density at radius 3 is 2.60 bits per heavy atom. The first-order valence-electron chi connectivity index (χ1n) is 8.65. The molecule has 2 unspecified atom stereocenters. The van der Waals surface area contributed by atoms with Gasteiger partial charge in [-0.15, -0.1) is 0 Å². The number of pyridine rings is 1. The predicted octanol–water partition coefficient (Wildman–Crippen LogP) is 2.39. The molecular weight excluding hydrogens is 322 g/mol. The number of fused-ring (bicyclic) bond motifs is 1. The predicted molar refractivity (Wildman–Crippen MR) is 95.3 cm³/mol. The highest BCUT2D eigenvalue weighted by molar-refractivity contribution is 6.03. The number of rotatable bonds is 6. The summed E-state index contributed by atoms with van der Waals surface area (Å²) in [6, 6.07) is 2.47. The summed E-state index contributed by atoms with van der Waals surface area (Å²) in [6.45, 7) is 9.85. The molecule has 7 heteroatoms. The number of nitrogens with two attached hydrogens (primary N) is 1. The molecule has 0 spiro atoms. The molecular formula is C18H27N3O4. The van der Waals surface area contributed by atoms with Crippen molar-refractivity contribution in [2.75, 3.05) is 17.2 Å². The van der Waals surface area contributed by atoms with Crippen LogP contribution >= 0.6 is 0 Å². The number of esters is 1. The molecule has 1 amide bonds. The zero-order valence-electron chi connectivity index (χ0n) is 15.5. The molecule has 1 aromatic rings. The van der Waals surface area contributed by atoms with Gasteiger partial charge in [-0.1, -0.05) is 27.7 Å². The van der Waals surface area contributed by atoms with Crippen molar-refractivity contribution in [3.05, 3.63) is 12.1 Å². The first-order chi connectivity index (χ1) is 11.7. The molecule has 2 rings (SSSR count). The van der Waals surface area contributed by atoms with Gasteiger partial charge in [0.25, 0.3) is 5.91 Å². The van der Waals surface area contributed by atoms with Crippen molar-refractivity contribution in [3.8, 4) is 5.75 Å². The lowest BCUT2D eigenvalue weighted by Crippen LogP contribution is -2.54. The van der Waals surface area contributed by atoms with E-state index in [0.29, 0.717) is 18.3 Å². The van der Waals surface area contributed by atoms with Crippen molar-refractivity contribution in [1.29, 1.82) is 0 Å². The highest BCUT2D eigenvalue weighted by Crippen LogP contribution is 2.36. The van der Waals surface area contributed by atoms with Crippen molar-refractivity contribution < 1.29 is 19.1 Å². The molecule has 7 nitrogen and oxygen atoms in total. The fourth-order valence-corrected chi connectivity index (χ4v) is 2.56. The number of amides is 1. The van der Waals surface area contributed by atoms with Crippen LogP contribution in [0.25, 0.3) is 0 Å². The Morgan fingerprint density at radius 2 is 2.00 bits per heavy atom.